The Balaban J connectivity index is 1.65. The minimum atomic E-state index is -0.0104. The molecular formula is C11H16O4S. The first kappa shape index (κ1) is 11.7. The monoisotopic (exact) mass is 244 g/mol. The molecule has 2 rings (SSSR count). The molecular weight excluding hydrogens is 228 g/mol. The second-order valence-corrected chi connectivity index (χ2v) is 4.17. The Hall–Kier alpha value is -0.780. The summed E-state index contributed by atoms with van der Waals surface area (Å²) in [4.78, 5) is 0. The summed E-state index contributed by atoms with van der Waals surface area (Å²) in [6, 6.07) is 0. The third-order valence-electron chi connectivity index (χ3n) is 2.19. The Kier molecular flexibility index (Phi) is 4.44. The van der Waals surface area contributed by atoms with Gasteiger partial charge in [0.15, 0.2) is 17.6 Å². The molecule has 4 nitrogen and oxygen atoms in total. The van der Waals surface area contributed by atoms with E-state index in [2.05, 4.69) is 0 Å². The van der Waals surface area contributed by atoms with Crippen molar-refractivity contribution >= 4 is 11.3 Å². The van der Waals surface area contributed by atoms with E-state index in [1.165, 1.54) is 0 Å². The van der Waals surface area contributed by atoms with Gasteiger partial charge in [-0.15, -0.1) is 11.3 Å². The van der Waals surface area contributed by atoms with Crippen molar-refractivity contribution in [1.29, 1.82) is 0 Å². The van der Waals surface area contributed by atoms with Gasteiger partial charge in [-0.3, -0.25) is 0 Å². The zero-order valence-corrected chi connectivity index (χ0v) is 10.1. The van der Waals surface area contributed by atoms with E-state index in [-0.39, 0.29) is 6.10 Å². The molecule has 0 bridgehead atoms. The summed E-state index contributed by atoms with van der Waals surface area (Å²) < 4.78 is 21.8. The molecule has 0 N–H and O–H groups in total. The molecule has 1 aromatic rings. The Bertz CT molecular complexity index is 313. The van der Waals surface area contributed by atoms with Gasteiger partial charge in [0.25, 0.3) is 0 Å². The Morgan fingerprint density at radius 2 is 2.12 bits per heavy atom. The normalized spacial score (nSPS) is 18.7. The van der Waals surface area contributed by atoms with Crippen LogP contribution in [0.2, 0.25) is 0 Å². The molecule has 0 aliphatic carbocycles. The zero-order chi connectivity index (χ0) is 11.2. The highest BCUT2D eigenvalue weighted by Crippen LogP contribution is 2.35. The second kappa shape index (κ2) is 6.08. The molecule has 90 valence electrons. The first-order chi connectivity index (χ1) is 7.90. The van der Waals surface area contributed by atoms with Gasteiger partial charge < -0.3 is 18.9 Å². The molecule has 0 saturated heterocycles. The van der Waals surface area contributed by atoms with Crippen molar-refractivity contribution in [3.05, 3.63) is 10.8 Å². The molecule has 0 amide bonds. The molecule has 1 aliphatic heterocycles. The average molecular weight is 244 g/mol. The fourth-order valence-electron chi connectivity index (χ4n) is 1.42. The van der Waals surface area contributed by atoms with E-state index in [0.29, 0.717) is 26.4 Å². The van der Waals surface area contributed by atoms with Crippen LogP contribution in [0.1, 0.15) is 6.92 Å². The van der Waals surface area contributed by atoms with Crippen LogP contribution in [0.5, 0.6) is 11.5 Å². The number of ether oxygens (including phenoxy) is 4. The van der Waals surface area contributed by atoms with Gasteiger partial charge in [-0.1, -0.05) is 0 Å². The maximum absolute atomic E-state index is 5.70. The van der Waals surface area contributed by atoms with Crippen molar-refractivity contribution in [3.63, 3.8) is 0 Å². The lowest BCUT2D eigenvalue weighted by Crippen LogP contribution is -2.33. The maximum Gasteiger partial charge on any atom is 0.172 e. The number of rotatable bonds is 6. The van der Waals surface area contributed by atoms with Gasteiger partial charge in [0.05, 0.1) is 19.8 Å². The van der Waals surface area contributed by atoms with Gasteiger partial charge in [0.2, 0.25) is 0 Å². The molecule has 2 heterocycles. The van der Waals surface area contributed by atoms with Crippen molar-refractivity contribution in [3.8, 4) is 11.5 Å². The zero-order valence-electron chi connectivity index (χ0n) is 9.31. The molecule has 16 heavy (non-hydrogen) atoms. The quantitative estimate of drug-likeness (QED) is 0.717. The molecule has 1 aliphatic rings. The van der Waals surface area contributed by atoms with Crippen molar-refractivity contribution < 1.29 is 18.9 Å². The van der Waals surface area contributed by atoms with Gasteiger partial charge in [-0.2, -0.15) is 0 Å². The molecule has 1 unspecified atom stereocenters. The summed E-state index contributed by atoms with van der Waals surface area (Å²) in [5, 5.41) is 3.89. The standard InChI is InChI=1S/C11H16O4S/c1-2-12-3-4-13-5-9-6-14-10-7-16-8-11(10)15-9/h7-9H,2-6H2,1H3. The predicted molar refractivity (Wildman–Crippen MR) is 61.5 cm³/mol. The molecule has 1 atom stereocenters. The average Bonchev–Trinajstić information content (AvgIpc) is 2.76. The topological polar surface area (TPSA) is 36.9 Å². The van der Waals surface area contributed by atoms with Crippen LogP contribution in [0.3, 0.4) is 0 Å². The van der Waals surface area contributed by atoms with Crippen LogP contribution >= 0.6 is 11.3 Å². The molecule has 0 saturated carbocycles. The fraction of sp³-hybridized carbons (Fsp3) is 0.636. The molecule has 5 heteroatoms. The highest BCUT2D eigenvalue weighted by molar-refractivity contribution is 7.08. The van der Waals surface area contributed by atoms with Gasteiger partial charge in [-0.25, -0.2) is 0 Å². The Morgan fingerprint density at radius 3 is 3.00 bits per heavy atom. The van der Waals surface area contributed by atoms with Crippen molar-refractivity contribution in [2.24, 2.45) is 0 Å². The van der Waals surface area contributed by atoms with E-state index in [9.17, 15) is 0 Å². The summed E-state index contributed by atoms with van der Waals surface area (Å²) in [5.41, 5.74) is 0. The van der Waals surface area contributed by atoms with E-state index >= 15 is 0 Å². The summed E-state index contributed by atoms with van der Waals surface area (Å²) in [6.07, 6.45) is -0.0104. The third-order valence-corrected chi connectivity index (χ3v) is 2.89. The minimum absolute atomic E-state index is 0.0104. The maximum atomic E-state index is 5.70. The van der Waals surface area contributed by atoms with Crippen molar-refractivity contribution in [2.75, 3.05) is 33.0 Å². The lowest BCUT2D eigenvalue weighted by Gasteiger charge is -2.24. The number of hydrogen-bond acceptors (Lipinski definition) is 5. The van der Waals surface area contributed by atoms with Crippen LogP contribution in [0, 0.1) is 0 Å². The molecule has 1 aromatic heterocycles. The predicted octanol–water partition coefficient (Wildman–Crippen LogP) is 1.94. The fourth-order valence-corrected chi connectivity index (χ4v) is 2.09. The van der Waals surface area contributed by atoms with Crippen LogP contribution in [-0.2, 0) is 9.47 Å². The van der Waals surface area contributed by atoms with Crippen molar-refractivity contribution in [1.82, 2.24) is 0 Å². The summed E-state index contributed by atoms with van der Waals surface area (Å²) in [7, 11) is 0. The van der Waals surface area contributed by atoms with Crippen LogP contribution < -0.4 is 9.47 Å². The Morgan fingerprint density at radius 1 is 1.31 bits per heavy atom. The van der Waals surface area contributed by atoms with Gasteiger partial charge in [0.1, 0.15) is 6.61 Å². The first-order valence-corrected chi connectivity index (χ1v) is 6.35. The highest BCUT2D eigenvalue weighted by atomic mass is 32.1. The molecule has 0 spiro atoms. The van der Waals surface area contributed by atoms with E-state index in [1.807, 2.05) is 17.7 Å². The van der Waals surface area contributed by atoms with E-state index in [0.717, 1.165) is 18.1 Å². The Labute approximate surface area is 99.1 Å². The van der Waals surface area contributed by atoms with E-state index < -0.39 is 0 Å². The number of fused-ring (bicyclic) bond motifs is 1. The SMILES string of the molecule is CCOCCOCC1COc2cscc2O1. The second-order valence-electron chi connectivity index (χ2n) is 3.42. The smallest absolute Gasteiger partial charge is 0.172 e. The van der Waals surface area contributed by atoms with Crippen LogP contribution in [0.25, 0.3) is 0 Å². The van der Waals surface area contributed by atoms with E-state index in [1.54, 1.807) is 11.3 Å². The lowest BCUT2D eigenvalue weighted by atomic mass is 10.3. The minimum Gasteiger partial charge on any atom is -0.485 e. The molecule has 0 fully saturated rings. The molecule has 0 aromatic carbocycles. The first-order valence-electron chi connectivity index (χ1n) is 5.41. The lowest BCUT2D eigenvalue weighted by molar-refractivity contribution is -0.0103. The van der Waals surface area contributed by atoms with Crippen molar-refractivity contribution in [2.45, 2.75) is 13.0 Å². The van der Waals surface area contributed by atoms with Crippen LogP contribution in [0.4, 0.5) is 0 Å². The summed E-state index contributed by atoms with van der Waals surface area (Å²) in [6.45, 7) is 5.03. The van der Waals surface area contributed by atoms with Gasteiger partial charge >= 0.3 is 0 Å². The largest absolute Gasteiger partial charge is 0.485 e. The van der Waals surface area contributed by atoms with Crippen LogP contribution in [-0.4, -0.2) is 39.1 Å². The summed E-state index contributed by atoms with van der Waals surface area (Å²) in [5.74, 6) is 1.67. The van der Waals surface area contributed by atoms with Gasteiger partial charge in [0, 0.05) is 17.4 Å². The molecule has 0 radical (unpaired) electrons. The van der Waals surface area contributed by atoms with E-state index in [4.69, 9.17) is 18.9 Å². The number of hydrogen-bond donors (Lipinski definition) is 0. The highest BCUT2D eigenvalue weighted by Gasteiger charge is 2.21. The van der Waals surface area contributed by atoms with Gasteiger partial charge in [-0.05, 0) is 6.92 Å². The van der Waals surface area contributed by atoms with Crippen LogP contribution in [0.15, 0.2) is 10.8 Å². The third kappa shape index (κ3) is 3.10. The summed E-state index contributed by atoms with van der Waals surface area (Å²) >= 11 is 1.58. The number of thiophene rings is 1.